The van der Waals surface area contributed by atoms with E-state index in [1.165, 1.54) is 24.8 Å². The van der Waals surface area contributed by atoms with Crippen LogP contribution in [0.4, 0.5) is 4.39 Å². The molecule has 0 fully saturated rings. The molecule has 0 amide bonds. The maximum atomic E-state index is 13.8. The summed E-state index contributed by atoms with van der Waals surface area (Å²) in [6.45, 7) is 4.10. The van der Waals surface area contributed by atoms with E-state index in [0.29, 0.717) is 12.8 Å². The SMILES string of the molecule is CCCCCc1ccccc1C=NN=C(c1ccccc1)c1ccc(CC(F)CC)cc1. The van der Waals surface area contributed by atoms with Gasteiger partial charge in [-0.1, -0.05) is 106 Å². The fourth-order valence-electron chi connectivity index (χ4n) is 3.68. The Balaban J connectivity index is 1.86. The quantitative estimate of drug-likeness (QED) is 0.171. The minimum absolute atomic E-state index is 0.446. The van der Waals surface area contributed by atoms with Crippen molar-refractivity contribution >= 4 is 11.9 Å². The second-order valence-electron chi connectivity index (χ2n) is 8.12. The fraction of sp³-hybridized carbons (Fsp3) is 0.310. The van der Waals surface area contributed by atoms with E-state index in [1.54, 1.807) is 0 Å². The molecule has 0 aliphatic heterocycles. The predicted octanol–water partition coefficient (Wildman–Crippen LogP) is 7.58. The molecule has 0 saturated heterocycles. The first kappa shape index (κ1) is 23.6. The van der Waals surface area contributed by atoms with Crippen LogP contribution < -0.4 is 0 Å². The molecule has 1 atom stereocenters. The summed E-state index contributed by atoms with van der Waals surface area (Å²) in [6, 6.07) is 26.5. The Bertz CT molecular complexity index is 1010. The van der Waals surface area contributed by atoms with Crippen LogP contribution in [-0.2, 0) is 12.8 Å². The monoisotopic (exact) mass is 428 g/mol. The molecule has 0 N–H and O–H groups in total. The summed E-state index contributed by atoms with van der Waals surface area (Å²) >= 11 is 0. The lowest BCUT2D eigenvalue weighted by Crippen LogP contribution is -2.05. The smallest absolute Gasteiger partial charge is 0.104 e. The summed E-state index contributed by atoms with van der Waals surface area (Å²) in [5.74, 6) is 0. The Labute approximate surface area is 191 Å². The lowest BCUT2D eigenvalue weighted by Gasteiger charge is -2.09. The first-order valence-electron chi connectivity index (χ1n) is 11.7. The topological polar surface area (TPSA) is 24.7 Å². The highest BCUT2D eigenvalue weighted by molar-refractivity contribution is 6.13. The molecule has 3 rings (SSSR count). The zero-order chi connectivity index (χ0) is 22.6. The number of halogens is 1. The van der Waals surface area contributed by atoms with Crippen LogP contribution in [0, 0.1) is 0 Å². The summed E-state index contributed by atoms with van der Waals surface area (Å²) in [7, 11) is 0. The van der Waals surface area contributed by atoms with E-state index in [-0.39, 0.29) is 0 Å². The summed E-state index contributed by atoms with van der Waals surface area (Å²) in [5.41, 5.74) is 6.21. The number of rotatable bonds is 11. The van der Waals surface area contributed by atoms with Crippen LogP contribution in [0.25, 0.3) is 0 Å². The molecule has 0 radical (unpaired) electrons. The maximum absolute atomic E-state index is 13.8. The van der Waals surface area contributed by atoms with Gasteiger partial charge < -0.3 is 0 Å². The second-order valence-corrected chi connectivity index (χ2v) is 8.12. The summed E-state index contributed by atoms with van der Waals surface area (Å²) in [4.78, 5) is 0. The molecular formula is C29H33FN2. The lowest BCUT2D eigenvalue weighted by molar-refractivity contribution is 0.323. The minimum Gasteiger partial charge on any atom is -0.247 e. The first-order chi connectivity index (χ1) is 15.7. The highest BCUT2D eigenvalue weighted by atomic mass is 19.1. The van der Waals surface area contributed by atoms with E-state index >= 15 is 0 Å². The van der Waals surface area contributed by atoms with Crippen molar-refractivity contribution in [2.24, 2.45) is 10.2 Å². The van der Waals surface area contributed by atoms with Gasteiger partial charge in [0, 0.05) is 17.5 Å². The van der Waals surface area contributed by atoms with Crippen molar-refractivity contribution in [3.8, 4) is 0 Å². The number of hydrogen-bond acceptors (Lipinski definition) is 2. The van der Waals surface area contributed by atoms with Crippen molar-refractivity contribution in [1.29, 1.82) is 0 Å². The maximum Gasteiger partial charge on any atom is 0.104 e. The van der Waals surface area contributed by atoms with Gasteiger partial charge in [0.2, 0.25) is 0 Å². The van der Waals surface area contributed by atoms with Gasteiger partial charge in [-0.25, -0.2) is 4.39 Å². The second kappa shape index (κ2) is 12.7. The lowest BCUT2D eigenvalue weighted by atomic mass is 9.99. The van der Waals surface area contributed by atoms with E-state index in [9.17, 15) is 4.39 Å². The van der Waals surface area contributed by atoms with Crippen LogP contribution in [0.1, 0.15) is 67.3 Å². The van der Waals surface area contributed by atoms with Crippen LogP contribution in [0.3, 0.4) is 0 Å². The predicted molar refractivity (Wildman–Crippen MR) is 135 cm³/mol. The molecule has 0 aliphatic rings. The highest BCUT2D eigenvalue weighted by Gasteiger charge is 2.09. The molecule has 0 heterocycles. The molecule has 0 saturated carbocycles. The molecule has 3 heteroatoms. The molecule has 166 valence electrons. The molecule has 0 aliphatic carbocycles. The van der Waals surface area contributed by atoms with Crippen molar-refractivity contribution in [2.45, 2.75) is 58.5 Å². The van der Waals surface area contributed by atoms with Crippen molar-refractivity contribution < 1.29 is 4.39 Å². The van der Waals surface area contributed by atoms with Crippen molar-refractivity contribution in [2.75, 3.05) is 0 Å². The normalized spacial score (nSPS) is 12.9. The van der Waals surface area contributed by atoms with Gasteiger partial charge in [-0.2, -0.15) is 5.10 Å². The number of unbranched alkanes of at least 4 members (excludes halogenated alkanes) is 2. The number of nitrogens with zero attached hydrogens (tertiary/aromatic N) is 2. The molecule has 0 spiro atoms. The van der Waals surface area contributed by atoms with E-state index in [1.807, 2.05) is 73.8 Å². The molecule has 0 bridgehead atoms. The third-order valence-electron chi connectivity index (χ3n) is 5.63. The van der Waals surface area contributed by atoms with Crippen molar-refractivity contribution in [1.82, 2.24) is 0 Å². The number of aryl methyl sites for hydroxylation is 1. The fourth-order valence-corrected chi connectivity index (χ4v) is 3.68. The Morgan fingerprint density at radius 2 is 1.53 bits per heavy atom. The Kier molecular flexibility index (Phi) is 9.37. The van der Waals surface area contributed by atoms with Gasteiger partial charge in [0.1, 0.15) is 11.9 Å². The third-order valence-corrected chi connectivity index (χ3v) is 5.63. The summed E-state index contributed by atoms with van der Waals surface area (Å²) < 4.78 is 13.8. The molecule has 3 aromatic rings. The zero-order valence-electron chi connectivity index (χ0n) is 19.2. The van der Waals surface area contributed by atoms with Crippen LogP contribution in [0.2, 0.25) is 0 Å². The molecule has 1 unspecified atom stereocenters. The Hall–Kier alpha value is -3.07. The van der Waals surface area contributed by atoms with E-state index in [2.05, 4.69) is 35.3 Å². The van der Waals surface area contributed by atoms with E-state index < -0.39 is 6.17 Å². The zero-order valence-corrected chi connectivity index (χ0v) is 19.2. The van der Waals surface area contributed by atoms with Gasteiger partial charge in [0.05, 0.1) is 6.21 Å². The van der Waals surface area contributed by atoms with Crippen LogP contribution in [0.15, 0.2) is 89.1 Å². The van der Waals surface area contributed by atoms with Gasteiger partial charge in [0.15, 0.2) is 0 Å². The Morgan fingerprint density at radius 3 is 2.25 bits per heavy atom. The van der Waals surface area contributed by atoms with Gasteiger partial charge in [-0.05, 0) is 36.0 Å². The van der Waals surface area contributed by atoms with Crippen molar-refractivity contribution in [3.63, 3.8) is 0 Å². The van der Waals surface area contributed by atoms with Crippen LogP contribution in [-0.4, -0.2) is 18.1 Å². The number of alkyl halides is 1. The summed E-state index contributed by atoms with van der Waals surface area (Å²) in [6.07, 6.45) is 6.72. The number of benzene rings is 3. The average molecular weight is 429 g/mol. The average Bonchev–Trinajstić information content (AvgIpc) is 2.84. The van der Waals surface area contributed by atoms with Gasteiger partial charge in [-0.15, -0.1) is 5.10 Å². The highest BCUT2D eigenvalue weighted by Crippen LogP contribution is 2.16. The van der Waals surface area contributed by atoms with Gasteiger partial charge in [-0.3, -0.25) is 0 Å². The summed E-state index contributed by atoms with van der Waals surface area (Å²) in [5, 5.41) is 9.09. The van der Waals surface area contributed by atoms with Crippen molar-refractivity contribution in [3.05, 3.63) is 107 Å². The largest absolute Gasteiger partial charge is 0.247 e. The number of hydrogen-bond donors (Lipinski definition) is 0. The van der Waals surface area contributed by atoms with Crippen LogP contribution in [0.5, 0.6) is 0 Å². The Morgan fingerprint density at radius 1 is 0.844 bits per heavy atom. The molecule has 3 aromatic carbocycles. The van der Waals surface area contributed by atoms with E-state index in [0.717, 1.165) is 34.4 Å². The molecule has 32 heavy (non-hydrogen) atoms. The molecule has 0 aromatic heterocycles. The molecule has 2 nitrogen and oxygen atoms in total. The van der Waals surface area contributed by atoms with Gasteiger partial charge >= 0.3 is 0 Å². The standard InChI is InChI=1S/C29H33FN2/c1-3-5-7-12-24-13-10-11-16-27(24)22-31-32-29(25-14-8-6-9-15-25)26-19-17-23(18-20-26)21-28(30)4-2/h6,8-11,13-20,22,28H,3-5,7,12,21H2,1-2H3. The van der Waals surface area contributed by atoms with Crippen LogP contribution >= 0.6 is 0 Å². The minimum atomic E-state index is -0.801. The van der Waals surface area contributed by atoms with Gasteiger partial charge in [0.25, 0.3) is 0 Å². The first-order valence-corrected chi connectivity index (χ1v) is 11.7. The third kappa shape index (κ3) is 6.98. The molecular weight excluding hydrogens is 395 g/mol. The van der Waals surface area contributed by atoms with E-state index in [4.69, 9.17) is 0 Å².